The number of nitriles is 1. The second-order valence-electron chi connectivity index (χ2n) is 6.33. The van der Waals surface area contributed by atoms with Crippen LogP contribution in [0.1, 0.15) is 46.1 Å². The monoisotopic (exact) mass is 344 g/mol. The molecule has 3 heterocycles. The van der Waals surface area contributed by atoms with Gasteiger partial charge in [-0.1, -0.05) is 18.3 Å². The van der Waals surface area contributed by atoms with E-state index in [1.807, 2.05) is 18.3 Å². The standard InChI is InChI=1S/C18H21N3S2/c1-12-13(2)15(10-19)18(22)21(14(12)3)11-20-8-4-6-16(20)17-7-5-9-23-17/h5,7,9,16H,4,6,8,11H2,1-3H3/p+1/t16-/m0/s1. The summed E-state index contributed by atoms with van der Waals surface area (Å²) in [5.74, 6) is 0. The Hall–Kier alpha value is -1.48. The number of nitrogens with one attached hydrogen (secondary N) is 1. The second kappa shape index (κ2) is 6.56. The number of hydrogen-bond donors (Lipinski definition) is 1. The molecule has 1 N–H and O–H groups in total. The maximum Gasteiger partial charge on any atom is 0.158 e. The summed E-state index contributed by atoms with van der Waals surface area (Å²) in [4.78, 5) is 3.02. The van der Waals surface area contributed by atoms with Gasteiger partial charge in [-0.15, -0.1) is 11.3 Å². The Kier molecular flexibility index (Phi) is 4.67. The van der Waals surface area contributed by atoms with Gasteiger partial charge in [-0.05, 0) is 43.3 Å². The molecule has 2 aromatic heterocycles. The molecule has 1 unspecified atom stereocenters. The first kappa shape index (κ1) is 16.4. The zero-order chi connectivity index (χ0) is 16.6. The van der Waals surface area contributed by atoms with Crippen LogP contribution < -0.4 is 4.90 Å². The van der Waals surface area contributed by atoms with Gasteiger partial charge in [0.25, 0.3) is 0 Å². The van der Waals surface area contributed by atoms with Gasteiger partial charge in [-0.2, -0.15) is 5.26 Å². The lowest BCUT2D eigenvalue weighted by molar-refractivity contribution is -0.940. The van der Waals surface area contributed by atoms with Crippen molar-refractivity contribution in [3.8, 4) is 6.07 Å². The smallest absolute Gasteiger partial charge is 0.158 e. The average molecular weight is 345 g/mol. The normalized spacial score (nSPS) is 20.6. The Bertz CT molecular complexity index is 812. The van der Waals surface area contributed by atoms with Crippen LogP contribution in [0.25, 0.3) is 0 Å². The van der Waals surface area contributed by atoms with Crippen molar-refractivity contribution < 1.29 is 4.90 Å². The van der Waals surface area contributed by atoms with Crippen molar-refractivity contribution in [3.63, 3.8) is 0 Å². The Morgan fingerprint density at radius 1 is 1.39 bits per heavy atom. The summed E-state index contributed by atoms with van der Waals surface area (Å²) in [5, 5.41) is 11.6. The number of aromatic nitrogens is 1. The number of hydrogen-bond acceptors (Lipinski definition) is 3. The molecule has 23 heavy (non-hydrogen) atoms. The maximum atomic E-state index is 9.47. The summed E-state index contributed by atoms with van der Waals surface area (Å²) in [5.41, 5.74) is 4.06. The summed E-state index contributed by atoms with van der Waals surface area (Å²) >= 11 is 7.48. The first-order chi connectivity index (χ1) is 11.0. The van der Waals surface area contributed by atoms with E-state index < -0.39 is 0 Å². The average Bonchev–Trinajstić information content (AvgIpc) is 3.21. The van der Waals surface area contributed by atoms with Crippen molar-refractivity contribution in [3.05, 3.63) is 49.4 Å². The molecule has 0 aromatic carbocycles. The minimum absolute atomic E-state index is 0.559. The predicted octanol–water partition coefficient (Wildman–Crippen LogP) is 3.45. The highest BCUT2D eigenvalue weighted by molar-refractivity contribution is 7.71. The zero-order valence-corrected chi connectivity index (χ0v) is 15.5. The molecule has 5 heteroatoms. The van der Waals surface area contributed by atoms with Crippen molar-refractivity contribution >= 4 is 23.6 Å². The molecule has 0 radical (unpaired) electrons. The van der Waals surface area contributed by atoms with E-state index in [-0.39, 0.29) is 0 Å². The topological polar surface area (TPSA) is 33.2 Å². The van der Waals surface area contributed by atoms with Crippen molar-refractivity contribution in [2.24, 2.45) is 0 Å². The molecule has 0 aliphatic carbocycles. The summed E-state index contributed by atoms with van der Waals surface area (Å²) in [7, 11) is 0. The Balaban J connectivity index is 1.99. The van der Waals surface area contributed by atoms with E-state index in [1.165, 1.54) is 35.5 Å². The third-order valence-electron chi connectivity index (χ3n) is 5.19. The van der Waals surface area contributed by atoms with Crippen LogP contribution in [0.4, 0.5) is 0 Å². The number of rotatable bonds is 3. The molecule has 2 aromatic rings. The van der Waals surface area contributed by atoms with E-state index in [9.17, 15) is 5.26 Å². The highest BCUT2D eigenvalue weighted by Crippen LogP contribution is 2.24. The van der Waals surface area contributed by atoms with E-state index in [0.29, 0.717) is 16.2 Å². The quantitative estimate of drug-likeness (QED) is 0.865. The van der Waals surface area contributed by atoms with Crippen molar-refractivity contribution in [1.29, 1.82) is 5.26 Å². The third-order valence-corrected chi connectivity index (χ3v) is 6.60. The van der Waals surface area contributed by atoms with Crippen LogP contribution in [0, 0.1) is 36.7 Å². The number of pyridine rings is 1. The SMILES string of the molecule is Cc1c(C)c(C)n(C[NH+]2CCC[C@H]2c2cccs2)c(=S)c1C#N. The van der Waals surface area contributed by atoms with Gasteiger partial charge >= 0.3 is 0 Å². The number of nitrogens with zero attached hydrogens (tertiary/aromatic N) is 2. The number of thiophene rings is 1. The Morgan fingerprint density at radius 3 is 2.83 bits per heavy atom. The van der Waals surface area contributed by atoms with Crippen LogP contribution in [0.2, 0.25) is 0 Å². The molecule has 1 aliphatic rings. The summed E-state index contributed by atoms with van der Waals surface area (Å²) in [6.45, 7) is 8.22. The van der Waals surface area contributed by atoms with Crippen LogP contribution in [0.5, 0.6) is 0 Å². The molecule has 2 atom stereocenters. The highest BCUT2D eigenvalue weighted by Gasteiger charge is 2.31. The molecule has 0 bridgehead atoms. The van der Waals surface area contributed by atoms with Gasteiger partial charge in [-0.3, -0.25) is 4.57 Å². The molecular formula is C18H22N3S2+. The fourth-order valence-electron chi connectivity index (χ4n) is 3.57. The van der Waals surface area contributed by atoms with E-state index in [1.54, 1.807) is 4.90 Å². The van der Waals surface area contributed by atoms with Crippen LogP contribution in [0.3, 0.4) is 0 Å². The minimum atomic E-state index is 0.559. The van der Waals surface area contributed by atoms with Crippen molar-refractivity contribution in [2.45, 2.75) is 46.3 Å². The van der Waals surface area contributed by atoms with Gasteiger partial charge in [0.15, 0.2) is 6.67 Å². The van der Waals surface area contributed by atoms with Gasteiger partial charge in [-0.25, -0.2) is 0 Å². The molecule has 3 rings (SSSR count). The van der Waals surface area contributed by atoms with Gasteiger partial charge in [0.1, 0.15) is 16.8 Å². The fourth-order valence-corrected chi connectivity index (χ4v) is 4.89. The molecular weight excluding hydrogens is 322 g/mol. The van der Waals surface area contributed by atoms with Crippen LogP contribution >= 0.6 is 23.6 Å². The molecule has 1 aliphatic heterocycles. The van der Waals surface area contributed by atoms with Crippen LogP contribution in [0.15, 0.2) is 17.5 Å². The highest BCUT2D eigenvalue weighted by atomic mass is 32.1. The van der Waals surface area contributed by atoms with Crippen LogP contribution in [-0.2, 0) is 6.67 Å². The number of quaternary nitrogens is 1. The Labute approximate surface area is 146 Å². The third kappa shape index (κ3) is 2.87. The van der Waals surface area contributed by atoms with E-state index in [2.05, 4.69) is 42.0 Å². The summed E-state index contributed by atoms with van der Waals surface area (Å²) in [6, 6.07) is 7.24. The molecule has 0 amide bonds. The van der Waals surface area contributed by atoms with Crippen molar-refractivity contribution in [1.82, 2.24) is 4.57 Å². The Morgan fingerprint density at radius 2 is 2.17 bits per heavy atom. The molecule has 0 spiro atoms. The molecule has 0 saturated carbocycles. The lowest BCUT2D eigenvalue weighted by atomic mass is 10.0. The predicted molar refractivity (Wildman–Crippen MR) is 96.3 cm³/mol. The van der Waals surface area contributed by atoms with Crippen LogP contribution in [-0.4, -0.2) is 11.1 Å². The largest absolute Gasteiger partial charge is 0.311 e. The van der Waals surface area contributed by atoms with E-state index in [0.717, 1.165) is 12.2 Å². The minimum Gasteiger partial charge on any atom is -0.311 e. The maximum absolute atomic E-state index is 9.47. The summed E-state index contributed by atoms with van der Waals surface area (Å²) in [6.07, 6.45) is 2.48. The van der Waals surface area contributed by atoms with Crippen molar-refractivity contribution in [2.75, 3.05) is 6.54 Å². The summed E-state index contributed by atoms with van der Waals surface area (Å²) < 4.78 is 2.87. The molecule has 1 fully saturated rings. The zero-order valence-electron chi connectivity index (χ0n) is 13.8. The van der Waals surface area contributed by atoms with E-state index >= 15 is 0 Å². The first-order valence-corrected chi connectivity index (χ1v) is 9.32. The molecule has 3 nitrogen and oxygen atoms in total. The fraction of sp³-hybridized carbons (Fsp3) is 0.444. The van der Waals surface area contributed by atoms with Gasteiger partial charge in [0.05, 0.1) is 17.0 Å². The number of likely N-dealkylation sites (tertiary alicyclic amines) is 1. The second-order valence-corrected chi connectivity index (χ2v) is 7.70. The molecule has 120 valence electrons. The van der Waals surface area contributed by atoms with Gasteiger partial charge in [0.2, 0.25) is 0 Å². The first-order valence-electron chi connectivity index (χ1n) is 8.03. The van der Waals surface area contributed by atoms with Gasteiger partial charge in [0, 0.05) is 18.5 Å². The lowest BCUT2D eigenvalue weighted by Crippen LogP contribution is -3.09. The molecule has 1 saturated heterocycles. The lowest BCUT2D eigenvalue weighted by Gasteiger charge is -2.24. The van der Waals surface area contributed by atoms with E-state index in [4.69, 9.17) is 12.2 Å². The van der Waals surface area contributed by atoms with Gasteiger partial charge < -0.3 is 4.90 Å².